The summed E-state index contributed by atoms with van der Waals surface area (Å²) in [5, 5.41) is 7.04. The molecule has 2 heterocycles. The molecule has 30 heavy (non-hydrogen) atoms. The minimum Gasteiger partial charge on any atom is -0.493 e. The van der Waals surface area contributed by atoms with E-state index in [-0.39, 0.29) is 24.5 Å². The Kier molecular flexibility index (Phi) is 6.31. The first-order chi connectivity index (χ1) is 14.5. The Bertz CT molecular complexity index is 1110. The van der Waals surface area contributed by atoms with Crippen LogP contribution in [0.15, 0.2) is 48.8 Å². The monoisotopic (exact) mass is 410 g/mol. The minimum absolute atomic E-state index is 0.131. The summed E-state index contributed by atoms with van der Waals surface area (Å²) in [7, 11) is 4.44. The lowest BCUT2D eigenvalue weighted by Crippen LogP contribution is -2.23. The van der Waals surface area contributed by atoms with Crippen LogP contribution in [0.5, 0.6) is 11.5 Å². The fourth-order valence-electron chi connectivity index (χ4n) is 2.86. The van der Waals surface area contributed by atoms with Gasteiger partial charge >= 0.3 is 5.97 Å². The molecule has 1 amide bonds. The molecule has 2 aromatic heterocycles. The third-order valence-corrected chi connectivity index (χ3v) is 4.42. The van der Waals surface area contributed by atoms with E-state index in [1.807, 2.05) is 12.1 Å². The summed E-state index contributed by atoms with van der Waals surface area (Å²) >= 11 is 0. The van der Waals surface area contributed by atoms with Crippen LogP contribution in [0.3, 0.4) is 0 Å². The third-order valence-electron chi connectivity index (χ3n) is 4.42. The zero-order valence-corrected chi connectivity index (χ0v) is 17.0. The van der Waals surface area contributed by atoms with Crippen LogP contribution >= 0.6 is 0 Å². The lowest BCUT2D eigenvalue weighted by molar-refractivity contribution is -0.140. The molecule has 1 aromatic carbocycles. The number of esters is 1. The molecule has 0 bridgehead atoms. The van der Waals surface area contributed by atoms with Crippen LogP contribution in [0, 0.1) is 0 Å². The van der Waals surface area contributed by atoms with Gasteiger partial charge in [-0.1, -0.05) is 6.58 Å². The van der Waals surface area contributed by atoms with Crippen molar-refractivity contribution < 1.29 is 23.8 Å². The van der Waals surface area contributed by atoms with E-state index >= 15 is 0 Å². The van der Waals surface area contributed by atoms with Crippen LogP contribution in [0.1, 0.15) is 23.3 Å². The molecule has 3 aromatic rings. The summed E-state index contributed by atoms with van der Waals surface area (Å²) in [5.74, 6) is 0.375. The number of fused-ring (bicyclic) bond motifs is 1. The summed E-state index contributed by atoms with van der Waals surface area (Å²) in [6.07, 6.45) is 2.05. The molecule has 0 atom stereocenters. The second kappa shape index (κ2) is 9.08. The number of allylic oxidation sites excluding steroid dienone is 1. The first kappa shape index (κ1) is 20.8. The van der Waals surface area contributed by atoms with E-state index in [1.165, 1.54) is 7.11 Å². The largest absolute Gasteiger partial charge is 0.493 e. The van der Waals surface area contributed by atoms with Crippen molar-refractivity contribution >= 4 is 17.5 Å². The molecule has 0 aliphatic rings. The molecule has 0 spiro atoms. The highest BCUT2D eigenvalue weighted by molar-refractivity contribution is 5.94. The second-order valence-electron chi connectivity index (χ2n) is 6.33. The maximum atomic E-state index is 12.5. The predicted molar refractivity (Wildman–Crippen MR) is 109 cm³/mol. The van der Waals surface area contributed by atoms with Crippen LogP contribution in [-0.4, -0.2) is 47.8 Å². The van der Waals surface area contributed by atoms with Crippen molar-refractivity contribution in [3.8, 4) is 22.8 Å². The number of amides is 1. The Morgan fingerprint density at radius 2 is 1.83 bits per heavy atom. The number of rotatable bonds is 8. The summed E-state index contributed by atoms with van der Waals surface area (Å²) in [6.45, 7) is 3.77. The van der Waals surface area contributed by atoms with Gasteiger partial charge in [0.05, 0.1) is 33.4 Å². The van der Waals surface area contributed by atoms with Crippen LogP contribution < -0.4 is 14.8 Å². The quantitative estimate of drug-likeness (QED) is 0.569. The summed E-state index contributed by atoms with van der Waals surface area (Å²) in [4.78, 5) is 28.1. The average Bonchev–Trinajstić information content (AvgIpc) is 3.21. The minimum atomic E-state index is -0.436. The molecule has 3 rings (SSSR count). The van der Waals surface area contributed by atoms with Crippen molar-refractivity contribution in [1.82, 2.24) is 19.9 Å². The van der Waals surface area contributed by atoms with Crippen molar-refractivity contribution in [3.05, 3.63) is 54.5 Å². The number of hydrogen-bond acceptors (Lipinski definition) is 7. The Hall–Kier alpha value is -3.88. The maximum Gasteiger partial charge on any atom is 0.305 e. The van der Waals surface area contributed by atoms with E-state index in [0.29, 0.717) is 22.8 Å². The Morgan fingerprint density at radius 1 is 1.07 bits per heavy atom. The van der Waals surface area contributed by atoms with Gasteiger partial charge in [0.25, 0.3) is 5.91 Å². The van der Waals surface area contributed by atoms with Gasteiger partial charge in [0.2, 0.25) is 0 Å². The van der Waals surface area contributed by atoms with Crippen molar-refractivity contribution in [2.75, 3.05) is 21.3 Å². The molecule has 9 heteroatoms. The molecule has 0 aliphatic heterocycles. The smallest absolute Gasteiger partial charge is 0.305 e. The number of nitrogens with one attached hydrogen (secondary N) is 1. The van der Waals surface area contributed by atoms with Crippen molar-refractivity contribution in [2.45, 2.75) is 12.8 Å². The summed E-state index contributed by atoms with van der Waals surface area (Å²) in [5.41, 5.74) is 2.62. The van der Waals surface area contributed by atoms with Gasteiger partial charge in [-0.2, -0.15) is 5.10 Å². The Balaban J connectivity index is 1.86. The predicted octanol–water partition coefficient (Wildman–Crippen LogP) is 2.61. The van der Waals surface area contributed by atoms with E-state index in [4.69, 9.17) is 9.47 Å². The van der Waals surface area contributed by atoms with Gasteiger partial charge in [-0.05, 0) is 30.7 Å². The van der Waals surface area contributed by atoms with Gasteiger partial charge in [0.15, 0.2) is 22.8 Å². The van der Waals surface area contributed by atoms with E-state index < -0.39 is 5.91 Å². The molecule has 156 valence electrons. The van der Waals surface area contributed by atoms with Crippen molar-refractivity contribution in [2.24, 2.45) is 0 Å². The highest BCUT2D eigenvalue weighted by Gasteiger charge is 2.16. The highest BCUT2D eigenvalue weighted by Crippen LogP contribution is 2.32. The fraction of sp³-hybridized carbons (Fsp3) is 0.238. The van der Waals surface area contributed by atoms with Gasteiger partial charge in [-0.15, -0.1) is 0 Å². The average molecular weight is 410 g/mol. The second-order valence-corrected chi connectivity index (χ2v) is 6.33. The number of methoxy groups -OCH3 is 3. The van der Waals surface area contributed by atoms with Gasteiger partial charge < -0.3 is 19.5 Å². The normalized spacial score (nSPS) is 10.5. The van der Waals surface area contributed by atoms with Crippen LogP contribution in [0.2, 0.25) is 0 Å². The Morgan fingerprint density at radius 3 is 2.53 bits per heavy atom. The number of carbonyl (C=O) groups is 2. The molecule has 0 saturated carbocycles. The zero-order chi connectivity index (χ0) is 21.7. The van der Waals surface area contributed by atoms with Crippen molar-refractivity contribution in [3.63, 3.8) is 0 Å². The molecule has 0 unspecified atom stereocenters. The number of nitrogens with zero attached hydrogens (tertiary/aromatic N) is 3. The number of aromatic nitrogens is 3. The van der Waals surface area contributed by atoms with E-state index in [0.717, 1.165) is 11.3 Å². The molecular formula is C21H22N4O5. The molecule has 0 fully saturated rings. The maximum absolute atomic E-state index is 12.5. The standard InChI is InChI=1S/C21H22N4O5/c1-13(5-8-20(26)30-4)23-21(27)15-12-19-22-10-9-16(25(19)24-15)14-6-7-17(28-2)18(11-14)29-3/h6-7,9-12H,1,5,8H2,2-4H3,(H,23,27). The number of benzene rings is 1. The zero-order valence-electron chi connectivity index (χ0n) is 17.0. The van der Waals surface area contributed by atoms with E-state index in [9.17, 15) is 9.59 Å². The number of carbonyl (C=O) groups excluding carboxylic acids is 2. The summed E-state index contributed by atoms with van der Waals surface area (Å²) < 4.78 is 16.8. The fourth-order valence-corrected chi connectivity index (χ4v) is 2.86. The van der Waals surface area contributed by atoms with Gasteiger partial charge in [-0.25, -0.2) is 9.50 Å². The molecule has 9 nitrogen and oxygen atoms in total. The molecule has 0 radical (unpaired) electrons. The van der Waals surface area contributed by atoms with Crippen LogP contribution in [0.25, 0.3) is 16.9 Å². The molecule has 0 saturated heterocycles. The van der Waals surface area contributed by atoms with E-state index in [2.05, 4.69) is 26.7 Å². The first-order valence-electron chi connectivity index (χ1n) is 9.10. The SMILES string of the molecule is C=C(CCC(=O)OC)NC(=O)c1cc2nccc(-c3ccc(OC)c(OC)c3)n2n1. The number of hydrogen-bond donors (Lipinski definition) is 1. The van der Waals surface area contributed by atoms with Gasteiger partial charge in [-0.3, -0.25) is 9.59 Å². The molecule has 1 N–H and O–H groups in total. The lowest BCUT2D eigenvalue weighted by atomic mass is 10.1. The third kappa shape index (κ3) is 4.40. The van der Waals surface area contributed by atoms with E-state index in [1.54, 1.807) is 43.1 Å². The van der Waals surface area contributed by atoms with Gasteiger partial charge in [0, 0.05) is 23.5 Å². The van der Waals surface area contributed by atoms with Crippen LogP contribution in [-0.2, 0) is 9.53 Å². The lowest BCUT2D eigenvalue weighted by Gasteiger charge is -2.10. The van der Waals surface area contributed by atoms with Crippen molar-refractivity contribution in [1.29, 1.82) is 0 Å². The highest BCUT2D eigenvalue weighted by atomic mass is 16.5. The first-order valence-corrected chi connectivity index (χ1v) is 9.10. The Labute approximate surface area is 173 Å². The van der Waals surface area contributed by atoms with Gasteiger partial charge in [0.1, 0.15) is 0 Å². The molecule has 0 aliphatic carbocycles. The summed E-state index contributed by atoms with van der Waals surface area (Å²) in [6, 6.07) is 8.85. The topological polar surface area (TPSA) is 104 Å². The molecular weight excluding hydrogens is 388 g/mol. The number of ether oxygens (including phenoxy) is 3. The van der Waals surface area contributed by atoms with Crippen LogP contribution in [0.4, 0.5) is 0 Å².